The molecule has 0 spiro atoms. The third-order valence-electron chi connectivity index (χ3n) is 4.20. The molecule has 1 amide bonds. The van der Waals surface area contributed by atoms with E-state index in [9.17, 15) is 4.79 Å². The Morgan fingerprint density at radius 2 is 2.05 bits per heavy atom. The fourth-order valence-corrected chi connectivity index (χ4v) is 2.92. The first-order valence-electron chi connectivity index (χ1n) is 7.65. The number of nitrogens with two attached hydrogens (primary N) is 1. The van der Waals surface area contributed by atoms with Crippen molar-refractivity contribution in [1.29, 1.82) is 0 Å². The van der Waals surface area contributed by atoms with Crippen LogP contribution in [0.5, 0.6) is 0 Å². The van der Waals surface area contributed by atoms with Crippen LogP contribution >= 0.6 is 0 Å². The first-order valence-corrected chi connectivity index (χ1v) is 7.65. The fourth-order valence-electron chi connectivity index (χ4n) is 2.92. The normalized spacial score (nSPS) is 22.8. The maximum absolute atomic E-state index is 12.4. The Kier molecular flexibility index (Phi) is 6.80. The minimum Gasteiger partial charge on any atom is -0.340 e. The third-order valence-corrected chi connectivity index (χ3v) is 4.20. The predicted molar refractivity (Wildman–Crippen MR) is 79.9 cm³/mol. The maximum Gasteiger partial charge on any atom is 0.222 e. The summed E-state index contributed by atoms with van der Waals surface area (Å²) in [5.41, 5.74) is 5.80. The molecular formula is C15H31N3O. The largest absolute Gasteiger partial charge is 0.340 e. The summed E-state index contributed by atoms with van der Waals surface area (Å²) in [5, 5.41) is 0. The molecule has 0 radical (unpaired) electrons. The summed E-state index contributed by atoms with van der Waals surface area (Å²) in [4.78, 5) is 16.8. The van der Waals surface area contributed by atoms with Gasteiger partial charge in [0.05, 0.1) is 0 Å². The number of nitrogens with zero attached hydrogens (tertiary/aromatic N) is 2. The van der Waals surface area contributed by atoms with Crippen molar-refractivity contribution >= 4 is 5.91 Å². The number of likely N-dealkylation sites (N-methyl/N-ethyl adjacent to an activating group) is 1. The lowest BCUT2D eigenvalue weighted by Crippen LogP contribution is -2.53. The Hall–Kier alpha value is -0.610. The van der Waals surface area contributed by atoms with Gasteiger partial charge in [-0.25, -0.2) is 0 Å². The topological polar surface area (TPSA) is 49.6 Å². The second-order valence-electron chi connectivity index (χ2n) is 6.32. The molecule has 112 valence electrons. The quantitative estimate of drug-likeness (QED) is 0.796. The van der Waals surface area contributed by atoms with Gasteiger partial charge in [-0.3, -0.25) is 9.69 Å². The number of rotatable bonds is 6. The lowest BCUT2D eigenvalue weighted by Gasteiger charge is -2.39. The van der Waals surface area contributed by atoms with E-state index < -0.39 is 0 Å². The second kappa shape index (κ2) is 7.85. The molecule has 2 atom stereocenters. The molecule has 0 saturated carbocycles. The number of piperazine rings is 1. The summed E-state index contributed by atoms with van der Waals surface area (Å²) < 4.78 is 0. The van der Waals surface area contributed by atoms with Gasteiger partial charge < -0.3 is 10.6 Å². The van der Waals surface area contributed by atoms with Gasteiger partial charge in [-0.05, 0) is 38.3 Å². The van der Waals surface area contributed by atoms with E-state index in [4.69, 9.17) is 5.73 Å². The SMILES string of the molecule is CCC1CN(C(=O)C[C@@H](CN)CC(C)C)CCN1C. The molecule has 0 aliphatic carbocycles. The maximum atomic E-state index is 12.4. The molecule has 1 aliphatic rings. The van der Waals surface area contributed by atoms with E-state index >= 15 is 0 Å². The molecule has 1 saturated heterocycles. The molecule has 1 unspecified atom stereocenters. The van der Waals surface area contributed by atoms with E-state index in [1.165, 1.54) is 0 Å². The fraction of sp³-hybridized carbons (Fsp3) is 0.933. The van der Waals surface area contributed by atoms with Crippen LogP contribution in [-0.4, -0.2) is 55.0 Å². The third kappa shape index (κ3) is 5.11. The highest BCUT2D eigenvalue weighted by Crippen LogP contribution is 2.18. The van der Waals surface area contributed by atoms with Crippen LogP contribution < -0.4 is 5.73 Å². The number of amides is 1. The van der Waals surface area contributed by atoms with Crippen molar-refractivity contribution in [3.63, 3.8) is 0 Å². The zero-order chi connectivity index (χ0) is 14.4. The summed E-state index contributed by atoms with van der Waals surface area (Å²) in [7, 11) is 2.15. The lowest BCUT2D eigenvalue weighted by molar-refractivity contribution is -0.135. The van der Waals surface area contributed by atoms with E-state index in [2.05, 4.69) is 32.7 Å². The Labute approximate surface area is 118 Å². The predicted octanol–water partition coefficient (Wildman–Crippen LogP) is 1.55. The van der Waals surface area contributed by atoms with Gasteiger partial charge in [-0.15, -0.1) is 0 Å². The standard InChI is InChI=1S/C15H31N3O/c1-5-14-11-18(7-6-17(14)4)15(19)9-13(10-16)8-12(2)3/h12-14H,5-11,16H2,1-4H3/t13-,14?/m0/s1. The van der Waals surface area contributed by atoms with Crippen LogP contribution in [0, 0.1) is 11.8 Å². The molecule has 1 heterocycles. The molecular weight excluding hydrogens is 238 g/mol. The Morgan fingerprint density at radius 1 is 1.37 bits per heavy atom. The lowest BCUT2D eigenvalue weighted by atomic mass is 9.93. The highest BCUT2D eigenvalue weighted by atomic mass is 16.2. The van der Waals surface area contributed by atoms with Crippen LogP contribution in [0.3, 0.4) is 0 Å². The van der Waals surface area contributed by atoms with Crippen molar-refractivity contribution in [2.24, 2.45) is 17.6 Å². The molecule has 1 fully saturated rings. The summed E-state index contributed by atoms with van der Waals surface area (Å²) in [6.07, 6.45) is 2.77. The first-order chi connectivity index (χ1) is 8.97. The molecule has 1 rings (SSSR count). The van der Waals surface area contributed by atoms with Crippen LogP contribution in [0.2, 0.25) is 0 Å². The second-order valence-corrected chi connectivity index (χ2v) is 6.32. The Morgan fingerprint density at radius 3 is 2.58 bits per heavy atom. The number of carbonyl (C=O) groups excluding carboxylic acids is 1. The van der Waals surface area contributed by atoms with E-state index in [1.54, 1.807) is 0 Å². The van der Waals surface area contributed by atoms with E-state index in [-0.39, 0.29) is 0 Å². The van der Waals surface area contributed by atoms with Crippen LogP contribution in [0.1, 0.15) is 40.0 Å². The Bertz CT molecular complexity index is 281. The van der Waals surface area contributed by atoms with Gasteiger partial charge >= 0.3 is 0 Å². The van der Waals surface area contributed by atoms with Gasteiger partial charge in [0.25, 0.3) is 0 Å². The number of hydrogen-bond acceptors (Lipinski definition) is 3. The van der Waals surface area contributed by atoms with Crippen molar-refractivity contribution in [1.82, 2.24) is 9.80 Å². The van der Waals surface area contributed by atoms with Crippen molar-refractivity contribution in [3.05, 3.63) is 0 Å². The van der Waals surface area contributed by atoms with Gasteiger partial charge in [0.1, 0.15) is 0 Å². The van der Waals surface area contributed by atoms with Crippen LogP contribution in [0.25, 0.3) is 0 Å². The molecule has 19 heavy (non-hydrogen) atoms. The van der Waals surface area contributed by atoms with Crippen molar-refractivity contribution < 1.29 is 4.79 Å². The average molecular weight is 269 g/mol. The van der Waals surface area contributed by atoms with E-state index in [0.717, 1.165) is 32.5 Å². The molecule has 2 N–H and O–H groups in total. The molecule has 0 aromatic carbocycles. The van der Waals surface area contributed by atoms with Crippen LogP contribution in [0.15, 0.2) is 0 Å². The first kappa shape index (κ1) is 16.4. The summed E-state index contributed by atoms with van der Waals surface area (Å²) in [5.74, 6) is 1.24. The highest BCUT2D eigenvalue weighted by molar-refractivity contribution is 5.76. The zero-order valence-corrected chi connectivity index (χ0v) is 13.1. The van der Waals surface area contributed by atoms with Gasteiger partial charge in [0.2, 0.25) is 5.91 Å². The minimum absolute atomic E-state index is 0.294. The summed E-state index contributed by atoms with van der Waals surface area (Å²) >= 11 is 0. The molecule has 1 aliphatic heterocycles. The average Bonchev–Trinajstić information content (AvgIpc) is 2.37. The minimum atomic E-state index is 0.294. The monoisotopic (exact) mass is 269 g/mol. The van der Waals surface area contributed by atoms with E-state index in [0.29, 0.717) is 36.8 Å². The van der Waals surface area contributed by atoms with Crippen molar-refractivity contribution in [3.8, 4) is 0 Å². The molecule has 4 nitrogen and oxygen atoms in total. The van der Waals surface area contributed by atoms with Gasteiger partial charge in [0, 0.05) is 32.1 Å². The molecule has 4 heteroatoms. The number of carbonyl (C=O) groups is 1. The van der Waals surface area contributed by atoms with Crippen LogP contribution in [0.4, 0.5) is 0 Å². The van der Waals surface area contributed by atoms with Crippen LogP contribution in [-0.2, 0) is 4.79 Å². The van der Waals surface area contributed by atoms with Gasteiger partial charge in [-0.2, -0.15) is 0 Å². The molecule has 0 aromatic rings. The highest BCUT2D eigenvalue weighted by Gasteiger charge is 2.27. The van der Waals surface area contributed by atoms with Crippen molar-refractivity contribution in [2.75, 3.05) is 33.2 Å². The molecule has 0 bridgehead atoms. The zero-order valence-electron chi connectivity index (χ0n) is 13.1. The van der Waals surface area contributed by atoms with Gasteiger partial charge in [0.15, 0.2) is 0 Å². The Balaban J connectivity index is 2.48. The van der Waals surface area contributed by atoms with Crippen molar-refractivity contribution in [2.45, 2.75) is 46.1 Å². The summed E-state index contributed by atoms with van der Waals surface area (Å²) in [6, 6.07) is 0.513. The number of hydrogen-bond donors (Lipinski definition) is 1. The summed E-state index contributed by atoms with van der Waals surface area (Å²) in [6.45, 7) is 9.93. The molecule has 0 aromatic heterocycles. The van der Waals surface area contributed by atoms with Gasteiger partial charge in [-0.1, -0.05) is 20.8 Å². The van der Waals surface area contributed by atoms with E-state index in [1.807, 2.05) is 4.90 Å². The smallest absolute Gasteiger partial charge is 0.222 e.